The van der Waals surface area contributed by atoms with Crippen LogP contribution >= 0.6 is 11.6 Å². The van der Waals surface area contributed by atoms with Crippen LogP contribution in [-0.4, -0.2) is 14.1 Å². The minimum Gasteiger partial charge on any atom is -0.368 e. The lowest BCUT2D eigenvalue weighted by Crippen LogP contribution is -2.22. The number of hydrogen-bond donors (Lipinski definition) is 1. The van der Waals surface area contributed by atoms with E-state index >= 15 is 0 Å². The van der Waals surface area contributed by atoms with E-state index in [9.17, 15) is 4.39 Å². The maximum atomic E-state index is 13.8. The van der Waals surface area contributed by atoms with Crippen molar-refractivity contribution < 1.29 is 4.39 Å². The highest BCUT2D eigenvalue weighted by molar-refractivity contribution is 6.30. The molecule has 0 saturated heterocycles. The van der Waals surface area contributed by atoms with E-state index in [1.165, 1.54) is 0 Å². The van der Waals surface area contributed by atoms with Gasteiger partial charge in [0.15, 0.2) is 0 Å². The fraction of sp³-hybridized carbons (Fsp3) is 0.294. The summed E-state index contributed by atoms with van der Waals surface area (Å²) in [5.41, 5.74) is 2.88. The zero-order valence-electron chi connectivity index (χ0n) is 12.5. The minimum atomic E-state index is -0.220. The van der Waals surface area contributed by atoms with E-state index in [-0.39, 0.29) is 11.9 Å². The molecule has 21 heavy (non-hydrogen) atoms. The molecule has 4 heteroatoms. The Morgan fingerprint density at radius 2 is 2.00 bits per heavy atom. The van der Waals surface area contributed by atoms with Crippen molar-refractivity contribution in [3.05, 3.63) is 64.4 Å². The third-order valence-electron chi connectivity index (χ3n) is 3.64. The van der Waals surface area contributed by atoms with Crippen LogP contribution in [0.5, 0.6) is 0 Å². The topological polar surface area (TPSA) is 15.3 Å². The van der Waals surface area contributed by atoms with Gasteiger partial charge in [0.2, 0.25) is 0 Å². The van der Waals surface area contributed by atoms with Crippen molar-refractivity contribution in [3.63, 3.8) is 0 Å². The standard InChI is InChI=1S/C17H20ClFN2/c1-12(14-5-4-6-15(18)9-14)21(3)17-8-13(11-20-2)7-16(19)10-17/h4-10,12,20H,11H2,1-3H3. The molecule has 0 aliphatic heterocycles. The van der Waals surface area contributed by atoms with E-state index in [2.05, 4.69) is 12.2 Å². The first-order chi connectivity index (χ1) is 10.0. The first-order valence-electron chi connectivity index (χ1n) is 6.93. The van der Waals surface area contributed by atoms with Gasteiger partial charge in [-0.05, 0) is 55.4 Å². The van der Waals surface area contributed by atoms with E-state index < -0.39 is 0 Å². The van der Waals surface area contributed by atoms with Crippen LogP contribution in [0.3, 0.4) is 0 Å². The van der Waals surface area contributed by atoms with Gasteiger partial charge in [-0.3, -0.25) is 0 Å². The Balaban J connectivity index is 2.28. The van der Waals surface area contributed by atoms with E-state index in [1.54, 1.807) is 12.1 Å². The van der Waals surface area contributed by atoms with Crippen molar-refractivity contribution in [2.24, 2.45) is 0 Å². The first kappa shape index (κ1) is 15.8. The molecule has 2 nitrogen and oxygen atoms in total. The van der Waals surface area contributed by atoms with Crippen LogP contribution in [0.2, 0.25) is 5.02 Å². The molecule has 0 bridgehead atoms. The Labute approximate surface area is 130 Å². The molecule has 0 fully saturated rings. The molecule has 0 heterocycles. The van der Waals surface area contributed by atoms with Crippen LogP contribution in [0.1, 0.15) is 24.1 Å². The summed E-state index contributed by atoms with van der Waals surface area (Å²) < 4.78 is 13.8. The van der Waals surface area contributed by atoms with Crippen LogP contribution in [-0.2, 0) is 6.54 Å². The van der Waals surface area contributed by atoms with Crippen molar-refractivity contribution in [1.82, 2.24) is 5.32 Å². The van der Waals surface area contributed by atoms with Crippen molar-refractivity contribution in [1.29, 1.82) is 0 Å². The molecule has 0 spiro atoms. The molecule has 0 radical (unpaired) electrons. The lowest BCUT2D eigenvalue weighted by Gasteiger charge is -2.28. The number of nitrogens with one attached hydrogen (secondary N) is 1. The molecular weight excluding hydrogens is 287 g/mol. The van der Waals surface area contributed by atoms with Crippen LogP contribution < -0.4 is 10.2 Å². The molecule has 0 amide bonds. The lowest BCUT2D eigenvalue weighted by molar-refractivity contribution is 0.621. The summed E-state index contributed by atoms with van der Waals surface area (Å²) in [6, 6.07) is 13.0. The van der Waals surface area contributed by atoms with Gasteiger partial charge in [-0.2, -0.15) is 0 Å². The summed E-state index contributed by atoms with van der Waals surface area (Å²) >= 11 is 6.04. The molecule has 2 aromatic carbocycles. The Morgan fingerprint density at radius 3 is 2.67 bits per heavy atom. The van der Waals surface area contributed by atoms with Gasteiger partial charge >= 0.3 is 0 Å². The molecule has 0 saturated carbocycles. The van der Waals surface area contributed by atoms with E-state index in [1.807, 2.05) is 49.3 Å². The highest BCUT2D eigenvalue weighted by atomic mass is 35.5. The number of hydrogen-bond acceptors (Lipinski definition) is 2. The maximum Gasteiger partial charge on any atom is 0.125 e. The predicted molar refractivity (Wildman–Crippen MR) is 87.4 cm³/mol. The number of rotatable bonds is 5. The number of halogens is 2. The van der Waals surface area contributed by atoms with Gasteiger partial charge in [-0.15, -0.1) is 0 Å². The van der Waals surface area contributed by atoms with E-state index in [0.717, 1.165) is 16.8 Å². The molecule has 0 aromatic heterocycles. The van der Waals surface area contributed by atoms with E-state index in [4.69, 9.17) is 11.6 Å². The first-order valence-corrected chi connectivity index (χ1v) is 7.31. The molecule has 1 unspecified atom stereocenters. The number of nitrogens with zero attached hydrogens (tertiary/aromatic N) is 1. The van der Waals surface area contributed by atoms with Crippen molar-refractivity contribution in [2.45, 2.75) is 19.5 Å². The van der Waals surface area contributed by atoms with Gasteiger partial charge in [-0.1, -0.05) is 23.7 Å². The number of benzene rings is 2. The Kier molecular flexibility index (Phi) is 5.21. The average Bonchev–Trinajstić information content (AvgIpc) is 2.45. The van der Waals surface area contributed by atoms with Gasteiger partial charge in [-0.25, -0.2) is 4.39 Å². The average molecular weight is 307 g/mol. The zero-order chi connectivity index (χ0) is 15.4. The van der Waals surface area contributed by atoms with Gasteiger partial charge in [0, 0.05) is 24.3 Å². The fourth-order valence-electron chi connectivity index (χ4n) is 2.36. The maximum absolute atomic E-state index is 13.8. The minimum absolute atomic E-state index is 0.105. The highest BCUT2D eigenvalue weighted by Gasteiger charge is 2.14. The van der Waals surface area contributed by atoms with Gasteiger partial charge < -0.3 is 10.2 Å². The summed E-state index contributed by atoms with van der Waals surface area (Å²) in [6.45, 7) is 2.72. The Hall–Kier alpha value is -1.58. The molecular formula is C17H20ClFN2. The quantitative estimate of drug-likeness (QED) is 0.881. The largest absolute Gasteiger partial charge is 0.368 e. The van der Waals surface area contributed by atoms with Crippen LogP contribution in [0.4, 0.5) is 10.1 Å². The third-order valence-corrected chi connectivity index (χ3v) is 3.88. The summed E-state index contributed by atoms with van der Waals surface area (Å²) in [4.78, 5) is 2.05. The van der Waals surface area contributed by atoms with Crippen LogP contribution in [0, 0.1) is 5.82 Å². The van der Waals surface area contributed by atoms with Crippen molar-refractivity contribution >= 4 is 17.3 Å². The number of anilines is 1. The van der Waals surface area contributed by atoms with Gasteiger partial charge in [0.05, 0.1) is 6.04 Å². The molecule has 1 atom stereocenters. The summed E-state index contributed by atoms with van der Waals surface area (Å²) in [7, 11) is 3.81. The molecule has 112 valence electrons. The van der Waals surface area contributed by atoms with Gasteiger partial charge in [0.1, 0.15) is 5.82 Å². The van der Waals surface area contributed by atoms with E-state index in [0.29, 0.717) is 11.6 Å². The van der Waals surface area contributed by atoms with Gasteiger partial charge in [0.25, 0.3) is 0 Å². The van der Waals surface area contributed by atoms with Crippen molar-refractivity contribution in [3.8, 4) is 0 Å². The Morgan fingerprint density at radius 1 is 1.24 bits per heavy atom. The summed E-state index contributed by atoms with van der Waals surface area (Å²) in [6.07, 6.45) is 0. The van der Waals surface area contributed by atoms with Crippen molar-refractivity contribution in [2.75, 3.05) is 19.0 Å². The molecule has 0 aliphatic carbocycles. The monoisotopic (exact) mass is 306 g/mol. The lowest BCUT2D eigenvalue weighted by atomic mass is 10.1. The molecule has 1 N–H and O–H groups in total. The molecule has 0 aliphatic rings. The molecule has 2 aromatic rings. The molecule has 2 rings (SSSR count). The normalized spacial score (nSPS) is 12.2. The predicted octanol–water partition coefficient (Wildman–Crippen LogP) is 4.40. The smallest absolute Gasteiger partial charge is 0.125 e. The second-order valence-corrected chi connectivity index (χ2v) is 5.63. The zero-order valence-corrected chi connectivity index (χ0v) is 13.3. The summed E-state index contributed by atoms with van der Waals surface area (Å²) in [5.74, 6) is -0.220. The Bertz CT molecular complexity index is 615. The summed E-state index contributed by atoms with van der Waals surface area (Å²) in [5, 5.41) is 3.75. The SMILES string of the molecule is CNCc1cc(F)cc(N(C)C(C)c2cccc(Cl)c2)c1. The second kappa shape index (κ2) is 6.92. The third kappa shape index (κ3) is 3.96. The highest BCUT2D eigenvalue weighted by Crippen LogP contribution is 2.28. The second-order valence-electron chi connectivity index (χ2n) is 5.19. The van der Waals surface area contributed by atoms with Crippen LogP contribution in [0.25, 0.3) is 0 Å². The fourth-order valence-corrected chi connectivity index (χ4v) is 2.56. The van der Waals surface area contributed by atoms with Crippen LogP contribution in [0.15, 0.2) is 42.5 Å².